The predicted octanol–water partition coefficient (Wildman–Crippen LogP) is 15.3. The number of thiophene rings is 1. The van der Waals surface area contributed by atoms with Crippen LogP contribution in [0.4, 0.5) is 0 Å². The van der Waals surface area contributed by atoms with Gasteiger partial charge in [-0.3, -0.25) is 0 Å². The second-order valence-corrected chi connectivity index (χ2v) is 16.6. The highest BCUT2D eigenvalue weighted by Crippen LogP contribution is 2.42. The molecular formula is C57H36N4S. The Kier molecular flexibility index (Phi) is 8.65. The maximum Gasteiger partial charge on any atom is 0.160 e. The van der Waals surface area contributed by atoms with Crippen LogP contribution in [-0.2, 0) is 0 Å². The minimum absolute atomic E-state index is 0.674. The third-order valence-electron chi connectivity index (χ3n) is 11.9. The number of hydrogen-bond donors (Lipinski definition) is 0. The molecular weight excluding hydrogens is 773 g/mol. The fourth-order valence-corrected chi connectivity index (χ4v) is 10.1. The van der Waals surface area contributed by atoms with E-state index < -0.39 is 0 Å². The predicted molar refractivity (Wildman–Crippen MR) is 259 cm³/mol. The lowest BCUT2D eigenvalue weighted by Crippen LogP contribution is -1.97. The molecule has 0 bridgehead atoms. The van der Waals surface area contributed by atoms with Gasteiger partial charge >= 0.3 is 0 Å². The number of hydrogen-bond acceptors (Lipinski definition) is 4. The lowest BCUT2D eigenvalue weighted by atomic mass is 9.97. The highest BCUT2D eigenvalue weighted by molar-refractivity contribution is 7.26. The standard InChI is InChI=1S/C57H36N4S/c1-4-15-38(16-5-1)49-36-50(39-29-27-37(28-30-39)46-24-14-25-48-47-23-12-13-26-52(47)62-56(46)48)59-57(58-49)43-33-31-40(32-34-43)51-35-44-21-10-11-22-45(44)55-53(41-17-6-2-7-18-41)54(60-61(51)55)42-19-8-3-9-20-42/h1-36H. The molecule has 0 radical (unpaired) electrons. The van der Waals surface area contributed by atoms with Crippen molar-refractivity contribution in [2.24, 2.45) is 0 Å². The van der Waals surface area contributed by atoms with Crippen LogP contribution in [0, 0.1) is 0 Å². The first-order valence-electron chi connectivity index (χ1n) is 20.9. The van der Waals surface area contributed by atoms with Gasteiger partial charge in [0.1, 0.15) is 5.69 Å². The van der Waals surface area contributed by atoms with Gasteiger partial charge in [0, 0.05) is 58.9 Å². The van der Waals surface area contributed by atoms with Crippen LogP contribution < -0.4 is 0 Å². The second kappa shape index (κ2) is 14.9. The Hall–Kier alpha value is -7.99. The normalized spacial score (nSPS) is 11.5. The van der Waals surface area contributed by atoms with Gasteiger partial charge in [0.25, 0.3) is 0 Å². The van der Waals surface area contributed by atoms with Crippen molar-refractivity contribution in [3.63, 3.8) is 0 Å². The topological polar surface area (TPSA) is 43.1 Å². The van der Waals surface area contributed by atoms with Gasteiger partial charge in [-0.15, -0.1) is 11.3 Å². The van der Waals surface area contributed by atoms with Crippen LogP contribution in [0.5, 0.6) is 0 Å². The minimum atomic E-state index is 0.674. The molecule has 0 aliphatic heterocycles. The first kappa shape index (κ1) is 35.9. The summed E-state index contributed by atoms with van der Waals surface area (Å²) in [6.45, 7) is 0. The zero-order valence-corrected chi connectivity index (χ0v) is 34.3. The molecule has 0 saturated carbocycles. The molecule has 0 fully saturated rings. The molecule has 12 aromatic rings. The van der Waals surface area contributed by atoms with E-state index in [2.05, 4.69) is 217 Å². The van der Waals surface area contributed by atoms with E-state index in [1.54, 1.807) is 0 Å². The minimum Gasteiger partial charge on any atom is -0.231 e. The molecule has 8 aromatic carbocycles. The molecule has 62 heavy (non-hydrogen) atoms. The highest BCUT2D eigenvalue weighted by atomic mass is 32.1. The molecule has 4 nitrogen and oxygen atoms in total. The van der Waals surface area contributed by atoms with Crippen molar-refractivity contribution in [1.82, 2.24) is 19.6 Å². The zero-order valence-electron chi connectivity index (χ0n) is 33.5. The van der Waals surface area contributed by atoms with Gasteiger partial charge in [-0.05, 0) is 40.3 Å². The van der Waals surface area contributed by atoms with Crippen molar-refractivity contribution in [1.29, 1.82) is 0 Å². The summed E-state index contributed by atoms with van der Waals surface area (Å²) >= 11 is 1.86. The van der Waals surface area contributed by atoms with E-state index in [9.17, 15) is 0 Å². The van der Waals surface area contributed by atoms with E-state index in [-0.39, 0.29) is 0 Å². The molecule has 4 aromatic heterocycles. The number of fused-ring (bicyclic) bond motifs is 6. The molecule has 0 aliphatic carbocycles. The van der Waals surface area contributed by atoms with E-state index in [0.717, 1.165) is 78.0 Å². The van der Waals surface area contributed by atoms with Gasteiger partial charge in [0.05, 0.1) is 22.6 Å². The quantitative estimate of drug-likeness (QED) is 0.161. The smallest absolute Gasteiger partial charge is 0.160 e. The average molecular weight is 809 g/mol. The Labute approximate surface area is 362 Å². The molecule has 0 atom stereocenters. The third-order valence-corrected chi connectivity index (χ3v) is 13.1. The van der Waals surface area contributed by atoms with Crippen LogP contribution in [0.25, 0.3) is 115 Å². The van der Waals surface area contributed by atoms with E-state index >= 15 is 0 Å². The molecule has 5 heteroatoms. The van der Waals surface area contributed by atoms with Crippen LogP contribution in [0.3, 0.4) is 0 Å². The highest BCUT2D eigenvalue weighted by Gasteiger charge is 2.22. The largest absolute Gasteiger partial charge is 0.231 e. The fourth-order valence-electron chi connectivity index (χ4n) is 8.84. The van der Waals surface area contributed by atoms with Crippen molar-refractivity contribution in [3.8, 4) is 78.7 Å². The van der Waals surface area contributed by atoms with Gasteiger partial charge in [-0.2, -0.15) is 5.10 Å². The monoisotopic (exact) mass is 808 g/mol. The Balaban J connectivity index is 0.966. The Morgan fingerprint density at radius 1 is 0.387 bits per heavy atom. The summed E-state index contributed by atoms with van der Waals surface area (Å²) < 4.78 is 4.76. The number of pyridine rings is 1. The summed E-state index contributed by atoms with van der Waals surface area (Å²) in [5.41, 5.74) is 14.6. The number of nitrogens with zero attached hydrogens (tertiary/aromatic N) is 4. The van der Waals surface area contributed by atoms with Crippen molar-refractivity contribution in [3.05, 3.63) is 218 Å². The van der Waals surface area contributed by atoms with Gasteiger partial charge in [0.15, 0.2) is 5.82 Å². The summed E-state index contributed by atoms with van der Waals surface area (Å²) in [7, 11) is 0. The summed E-state index contributed by atoms with van der Waals surface area (Å²) in [5, 5.41) is 10.3. The van der Waals surface area contributed by atoms with E-state index in [1.165, 1.54) is 31.3 Å². The van der Waals surface area contributed by atoms with Crippen molar-refractivity contribution >= 4 is 47.8 Å². The van der Waals surface area contributed by atoms with Crippen molar-refractivity contribution in [2.45, 2.75) is 0 Å². The lowest BCUT2D eigenvalue weighted by molar-refractivity contribution is 0.979. The molecule has 0 N–H and O–H groups in total. The van der Waals surface area contributed by atoms with Gasteiger partial charge in [0.2, 0.25) is 0 Å². The van der Waals surface area contributed by atoms with Crippen molar-refractivity contribution < 1.29 is 0 Å². The van der Waals surface area contributed by atoms with Crippen molar-refractivity contribution in [2.75, 3.05) is 0 Å². The van der Waals surface area contributed by atoms with Gasteiger partial charge in [-0.25, -0.2) is 14.5 Å². The SMILES string of the molecule is c1ccc(-c2cc(-c3ccc(-c4cccc5c4sc4ccccc45)cc3)nc(-c3ccc(-c4cc5ccccc5c5c(-c6ccccc6)c(-c6ccccc6)nn45)cc3)n2)cc1. The number of aromatic nitrogens is 4. The Morgan fingerprint density at radius 2 is 0.935 bits per heavy atom. The van der Waals surface area contributed by atoms with Crippen LogP contribution in [0.15, 0.2) is 218 Å². The molecule has 4 heterocycles. The van der Waals surface area contributed by atoms with Crippen LogP contribution in [-0.4, -0.2) is 19.6 Å². The summed E-state index contributed by atoms with van der Waals surface area (Å²) in [6.07, 6.45) is 0. The lowest BCUT2D eigenvalue weighted by Gasteiger charge is -2.12. The van der Waals surface area contributed by atoms with Gasteiger partial charge in [-0.1, -0.05) is 200 Å². The fraction of sp³-hybridized carbons (Fsp3) is 0. The molecule has 0 saturated heterocycles. The Bertz CT molecular complexity index is 3590. The first-order valence-corrected chi connectivity index (χ1v) is 21.7. The van der Waals surface area contributed by atoms with Crippen LogP contribution in [0.1, 0.15) is 0 Å². The average Bonchev–Trinajstić information content (AvgIpc) is 3.95. The molecule has 0 spiro atoms. The van der Waals surface area contributed by atoms with Gasteiger partial charge < -0.3 is 0 Å². The first-order chi connectivity index (χ1) is 30.7. The maximum atomic E-state index is 5.40. The Morgan fingerprint density at radius 3 is 1.66 bits per heavy atom. The summed E-state index contributed by atoms with van der Waals surface area (Å²) in [5.74, 6) is 0.674. The molecule has 0 unspecified atom stereocenters. The number of benzene rings is 8. The maximum absolute atomic E-state index is 5.40. The summed E-state index contributed by atoms with van der Waals surface area (Å²) in [4.78, 5) is 10.4. The molecule has 0 amide bonds. The van der Waals surface area contributed by atoms with Crippen LogP contribution in [0.2, 0.25) is 0 Å². The van der Waals surface area contributed by atoms with E-state index in [0.29, 0.717) is 5.82 Å². The number of rotatable bonds is 7. The molecule has 0 aliphatic rings. The third kappa shape index (κ3) is 6.18. The second-order valence-electron chi connectivity index (χ2n) is 15.6. The molecule has 12 rings (SSSR count). The summed E-state index contributed by atoms with van der Waals surface area (Å²) in [6, 6.07) is 77.2. The zero-order chi connectivity index (χ0) is 41.0. The van der Waals surface area contributed by atoms with Crippen LogP contribution >= 0.6 is 11.3 Å². The van der Waals surface area contributed by atoms with E-state index in [4.69, 9.17) is 15.1 Å². The molecule has 290 valence electrons. The van der Waals surface area contributed by atoms with E-state index in [1.807, 2.05) is 17.4 Å².